The Morgan fingerprint density at radius 1 is 0.931 bits per heavy atom. The lowest BCUT2D eigenvalue weighted by Gasteiger charge is -2.26. The first kappa shape index (κ1) is 23.1. The van der Waals surface area contributed by atoms with Crippen LogP contribution in [0.2, 0.25) is 0 Å². The zero-order valence-electron chi connectivity index (χ0n) is 16.6. The Bertz CT molecular complexity index is 1170. The molecule has 3 rings (SSSR count). The van der Waals surface area contributed by atoms with Gasteiger partial charge in [0, 0.05) is 17.5 Å². The Hall–Kier alpha value is -2.18. The van der Waals surface area contributed by atoms with Gasteiger partial charge in [-0.1, -0.05) is 49.3 Å². The van der Waals surface area contributed by atoms with Gasteiger partial charge in [0.15, 0.2) is 0 Å². The summed E-state index contributed by atoms with van der Waals surface area (Å²) in [4.78, 5) is -0.0518. The molecule has 0 atom stereocenters. The monoisotopic (exact) mass is 436 g/mol. The van der Waals surface area contributed by atoms with Crippen molar-refractivity contribution < 1.29 is 25.9 Å². The summed E-state index contributed by atoms with van der Waals surface area (Å²) in [5.41, 5.74) is 4.30. The van der Waals surface area contributed by atoms with Crippen LogP contribution in [-0.2, 0) is 20.2 Å². The van der Waals surface area contributed by atoms with Crippen LogP contribution in [-0.4, -0.2) is 25.9 Å². The van der Waals surface area contributed by atoms with Gasteiger partial charge in [-0.25, -0.2) is 0 Å². The van der Waals surface area contributed by atoms with Gasteiger partial charge < -0.3 is 0 Å². The van der Waals surface area contributed by atoms with Crippen molar-refractivity contribution in [1.82, 2.24) is 0 Å². The molecule has 0 amide bonds. The lowest BCUT2D eigenvalue weighted by Crippen LogP contribution is -2.14. The Labute approximate surface area is 172 Å². The predicted molar refractivity (Wildman–Crippen MR) is 112 cm³/mol. The molecule has 1 aromatic rings. The van der Waals surface area contributed by atoms with Crippen molar-refractivity contribution in [3.8, 4) is 23.0 Å². The molecule has 2 N–H and O–H groups in total. The smallest absolute Gasteiger partial charge is 0.282 e. The van der Waals surface area contributed by atoms with E-state index in [1.54, 1.807) is 12.1 Å². The maximum absolute atomic E-state index is 11.1. The second-order valence-corrected chi connectivity index (χ2v) is 9.63. The van der Waals surface area contributed by atoms with Gasteiger partial charge in [-0.2, -0.15) is 16.8 Å². The van der Waals surface area contributed by atoms with Gasteiger partial charge in [0.2, 0.25) is 0 Å². The largest absolute Gasteiger partial charge is 0.295 e. The summed E-state index contributed by atoms with van der Waals surface area (Å²) in [6.07, 6.45) is 4.23. The van der Waals surface area contributed by atoms with E-state index < -0.39 is 20.2 Å². The SMILES string of the molecule is CCCCCC#Cc1c(C)c2cc(S(=O)(=O)O)c1-2.Cc1ccc(S(=O)(=O)O)cc1. The van der Waals surface area contributed by atoms with E-state index in [4.69, 9.17) is 9.11 Å². The fourth-order valence-electron chi connectivity index (χ4n) is 2.83. The molecule has 1 aromatic carbocycles. The van der Waals surface area contributed by atoms with Crippen molar-refractivity contribution in [3.63, 3.8) is 0 Å². The molecule has 0 heterocycles. The summed E-state index contributed by atoms with van der Waals surface area (Å²) in [7, 11) is -8.11. The highest BCUT2D eigenvalue weighted by Crippen LogP contribution is 2.47. The predicted octanol–water partition coefficient (Wildman–Crippen LogP) is 4.40. The molecule has 2 aliphatic carbocycles. The Kier molecular flexibility index (Phi) is 7.25. The lowest BCUT2D eigenvalue weighted by atomic mass is 9.80. The zero-order valence-corrected chi connectivity index (χ0v) is 18.2. The molecule has 0 unspecified atom stereocenters. The van der Waals surface area contributed by atoms with E-state index in [0.717, 1.165) is 47.9 Å². The zero-order chi connectivity index (χ0) is 21.8. The third kappa shape index (κ3) is 5.67. The van der Waals surface area contributed by atoms with Crippen molar-refractivity contribution in [2.75, 3.05) is 0 Å². The van der Waals surface area contributed by atoms with Crippen LogP contribution in [0, 0.1) is 25.7 Å². The highest BCUT2D eigenvalue weighted by Gasteiger charge is 2.33. The molecule has 8 heteroatoms. The van der Waals surface area contributed by atoms with Gasteiger partial charge in [-0.3, -0.25) is 9.11 Å². The first-order chi connectivity index (χ1) is 13.5. The summed E-state index contributed by atoms with van der Waals surface area (Å²) in [6, 6.07) is 7.49. The fraction of sp³-hybridized carbons (Fsp3) is 0.333. The minimum absolute atomic E-state index is 0.0148. The first-order valence-electron chi connectivity index (χ1n) is 9.15. The first-order valence-corrected chi connectivity index (χ1v) is 12.0. The van der Waals surface area contributed by atoms with Crippen LogP contribution >= 0.6 is 0 Å². The number of hydrogen-bond donors (Lipinski definition) is 2. The summed E-state index contributed by atoms with van der Waals surface area (Å²) >= 11 is 0. The van der Waals surface area contributed by atoms with Gasteiger partial charge in [0.1, 0.15) is 4.90 Å². The highest BCUT2D eigenvalue weighted by molar-refractivity contribution is 7.86. The van der Waals surface area contributed by atoms with E-state index in [2.05, 4.69) is 18.8 Å². The average Bonchev–Trinajstić information content (AvgIpc) is 2.58. The van der Waals surface area contributed by atoms with Gasteiger partial charge in [-0.05, 0) is 49.6 Å². The number of rotatable bonds is 5. The number of fused-ring (bicyclic) bond motifs is 1. The van der Waals surface area contributed by atoms with E-state index in [0.29, 0.717) is 5.56 Å². The van der Waals surface area contributed by atoms with Crippen LogP contribution < -0.4 is 0 Å². The molecular weight excluding hydrogens is 412 g/mol. The maximum atomic E-state index is 11.1. The summed E-state index contributed by atoms with van der Waals surface area (Å²) in [6.45, 7) is 5.90. The van der Waals surface area contributed by atoms with Crippen molar-refractivity contribution in [2.45, 2.75) is 56.2 Å². The van der Waals surface area contributed by atoms with Crippen LogP contribution in [0.5, 0.6) is 0 Å². The number of hydrogen-bond acceptors (Lipinski definition) is 4. The Balaban J connectivity index is 0.000000234. The van der Waals surface area contributed by atoms with E-state index in [-0.39, 0.29) is 9.79 Å². The average molecular weight is 437 g/mol. The van der Waals surface area contributed by atoms with E-state index in [1.165, 1.54) is 18.2 Å². The third-order valence-electron chi connectivity index (χ3n) is 4.54. The highest BCUT2D eigenvalue weighted by atomic mass is 32.2. The quantitative estimate of drug-likeness (QED) is 0.349. The van der Waals surface area contributed by atoms with Crippen LogP contribution in [0.15, 0.2) is 40.1 Å². The molecule has 156 valence electrons. The second kappa shape index (κ2) is 9.09. The molecule has 0 spiro atoms. The number of benzene rings is 2. The third-order valence-corrected chi connectivity index (χ3v) is 6.28. The normalized spacial score (nSPS) is 11.8. The van der Waals surface area contributed by atoms with Crippen LogP contribution in [0.4, 0.5) is 0 Å². The number of unbranched alkanes of at least 4 members (excludes halogenated alkanes) is 3. The van der Waals surface area contributed by atoms with Gasteiger partial charge in [0.05, 0.1) is 4.90 Å². The molecule has 0 aromatic heterocycles. The lowest BCUT2D eigenvalue weighted by molar-refractivity contribution is 0.480. The minimum atomic E-state index is -4.09. The van der Waals surface area contributed by atoms with Crippen molar-refractivity contribution in [3.05, 3.63) is 47.0 Å². The topological polar surface area (TPSA) is 109 Å². The fourth-order valence-corrected chi connectivity index (χ4v) is 4.04. The number of aryl methyl sites for hydroxylation is 1. The standard InChI is InChI=1S/C14H16O3S.C7H8O3S/c1-3-4-5-6-7-8-11-10(2)12-9-13(14(11)12)18(15,16)17;1-6-2-4-7(5-3-6)11(8,9)10/h9H,3-6H2,1-2H3,(H,15,16,17);2-5H,1H3,(H,8,9,10). The van der Waals surface area contributed by atoms with Crippen LogP contribution in [0.3, 0.4) is 0 Å². The molecule has 0 aliphatic heterocycles. The Morgan fingerprint density at radius 3 is 2.07 bits per heavy atom. The molecule has 0 bridgehead atoms. The molecule has 29 heavy (non-hydrogen) atoms. The summed E-state index contributed by atoms with van der Waals surface area (Å²) < 4.78 is 60.7. The van der Waals surface area contributed by atoms with Gasteiger partial charge >= 0.3 is 0 Å². The molecular formula is C21H24O6S2. The Morgan fingerprint density at radius 2 is 1.55 bits per heavy atom. The molecule has 6 nitrogen and oxygen atoms in total. The van der Waals surface area contributed by atoms with E-state index in [1.807, 2.05) is 13.8 Å². The summed E-state index contributed by atoms with van der Waals surface area (Å²) in [5, 5.41) is 0. The summed E-state index contributed by atoms with van der Waals surface area (Å²) in [5.74, 6) is 6.08. The molecule has 2 aliphatic rings. The van der Waals surface area contributed by atoms with Gasteiger partial charge in [-0.15, -0.1) is 0 Å². The maximum Gasteiger partial charge on any atom is 0.295 e. The second-order valence-electron chi connectivity index (χ2n) is 6.82. The van der Waals surface area contributed by atoms with Crippen molar-refractivity contribution in [2.24, 2.45) is 0 Å². The van der Waals surface area contributed by atoms with Crippen LogP contribution in [0.1, 0.15) is 49.3 Å². The van der Waals surface area contributed by atoms with Gasteiger partial charge in [0.25, 0.3) is 20.2 Å². The van der Waals surface area contributed by atoms with Crippen molar-refractivity contribution >= 4 is 20.2 Å². The molecule has 0 saturated carbocycles. The molecule has 0 fully saturated rings. The van der Waals surface area contributed by atoms with E-state index in [9.17, 15) is 16.8 Å². The molecule has 0 radical (unpaired) electrons. The molecule has 0 saturated heterocycles. The van der Waals surface area contributed by atoms with E-state index >= 15 is 0 Å². The minimum Gasteiger partial charge on any atom is -0.282 e. The van der Waals surface area contributed by atoms with Crippen molar-refractivity contribution in [1.29, 1.82) is 0 Å². The van der Waals surface area contributed by atoms with Crippen LogP contribution in [0.25, 0.3) is 11.1 Å².